The molecule has 0 aliphatic carbocycles. The Labute approximate surface area is 112 Å². The van der Waals surface area contributed by atoms with Crippen LogP contribution in [0.4, 0.5) is 5.69 Å². The van der Waals surface area contributed by atoms with Crippen molar-refractivity contribution in [3.8, 4) is 0 Å². The minimum Gasteiger partial charge on any atom is -0.381 e. The summed E-state index contributed by atoms with van der Waals surface area (Å²) in [5.74, 6) is 0.659. The van der Waals surface area contributed by atoms with E-state index in [0.717, 1.165) is 31.6 Å². The van der Waals surface area contributed by atoms with Crippen molar-refractivity contribution in [1.82, 2.24) is 0 Å². The highest BCUT2D eigenvalue weighted by Crippen LogP contribution is 2.17. The van der Waals surface area contributed by atoms with E-state index in [-0.39, 0.29) is 11.8 Å². The molecule has 1 aliphatic heterocycles. The fourth-order valence-corrected chi connectivity index (χ4v) is 2.27. The second-order valence-electron chi connectivity index (χ2n) is 4.54. The van der Waals surface area contributed by atoms with Crippen LogP contribution in [-0.4, -0.2) is 25.0 Å². The average Bonchev–Trinajstić information content (AvgIpc) is 2.42. The third-order valence-corrected chi connectivity index (χ3v) is 3.32. The Morgan fingerprint density at radius 3 is 2.78 bits per heavy atom. The van der Waals surface area contributed by atoms with Crippen LogP contribution in [0.5, 0.6) is 0 Å². The number of carbonyl (C=O) groups excluding carboxylic acids is 1. The van der Waals surface area contributed by atoms with E-state index in [1.165, 1.54) is 5.56 Å². The molecule has 1 heterocycles. The van der Waals surface area contributed by atoms with Gasteiger partial charge in [-0.1, -0.05) is 12.1 Å². The first-order chi connectivity index (χ1) is 8.79. The number of nitrogens with one attached hydrogen (secondary N) is 1. The summed E-state index contributed by atoms with van der Waals surface area (Å²) in [6.07, 6.45) is 2.73. The number of hydrogen-bond acceptors (Lipinski definition) is 2. The van der Waals surface area contributed by atoms with E-state index in [1.807, 2.05) is 24.3 Å². The molecule has 98 valence electrons. The largest absolute Gasteiger partial charge is 0.381 e. The number of ether oxygens (including phenoxy) is 1. The van der Waals surface area contributed by atoms with Crippen LogP contribution >= 0.6 is 11.6 Å². The Balaban J connectivity index is 1.89. The molecule has 18 heavy (non-hydrogen) atoms. The quantitative estimate of drug-likeness (QED) is 0.852. The average molecular weight is 268 g/mol. The molecule has 1 aromatic rings. The molecule has 1 fully saturated rings. The number of aryl methyl sites for hydroxylation is 1. The SMILES string of the molecule is O=C(Nc1ccc(CCCl)cc1)C1CCCOC1. The van der Waals surface area contributed by atoms with Crippen LogP contribution in [0.2, 0.25) is 0 Å². The molecule has 0 radical (unpaired) electrons. The predicted octanol–water partition coefficient (Wildman–Crippen LogP) is 2.83. The summed E-state index contributed by atoms with van der Waals surface area (Å²) in [6.45, 7) is 1.31. The molecule has 1 saturated heterocycles. The van der Waals surface area contributed by atoms with Gasteiger partial charge in [0, 0.05) is 18.2 Å². The van der Waals surface area contributed by atoms with Gasteiger partial charge < -0.3 is 10.1 Å². The summed E-state index contributed by atoms with van der Waals surface area (Å²) in [5, 5.41) is 2.93. The Kier molecular flexibility index (Phi) is 5.02. The van der Waals surface area contributed by atoms with Crippen molar-refractivity contribution in [2.75, 3.05) is 24.4 Å². The van der Waals surface area contributed by atoms with Gasteiger partial charge in [0.15, 0.2) is 0 Å². The highest BCUT2D eigenvalue weighted by molar-refractivity contribution is 6.17. The lowest BCUT2D eigenvalue weighted by Gasteiger charge is -2.21. The van der Waals surface area contributed by atoms with Gasteiger partial charge in [-0.25, -0.2) is 0 Å². The van der Waals surface area contributed by atoms with Crippen molar-refractivity contribution in [3.05, 3.63) is 29.8 Å². The van der Waals surface area contributed by atoms with E-state index in [9.17, 15) is 4.79 Å². The molecule has 1 N–H and O–H groups in total. The topological polar surface area (TPSA) is 38.3 Å². The summed E-state index contributed by atoms with van der Waals surface area (Å²) in [5.41, 5.74) is 2.02. The fourth-order valence-electron chi connectivity index (χ4n) is 2.06. The number of rotatable bonds is 4. The molecule has 1 unspecified atom stereocenters. The maximum absolute atomic E-state index is 12.0. The first-order valence-electron chi connectivity index (χ1n) is 6.33. The molecule has 0 aromatic heterocycles. The van der Waals surface area contributed by atoms with E-state index in [1.54, 1.807) is 0 Å². The molecule has 1 amide bonds. The van der Waals surface area contributed by atoms with Crippen molar-refractivity contribution < 1.29 is 9.53 Å². The Bertz CT molecular complexity index is 385. The van der Waals surface area contributed by atoms with Crippen molar-refractivity contribution in [1.29, 1.82) is 0 Å². The van der Waals surface area contributed by atoms with Gasteiger partial charge in [-0.2, -0.15) is 0 Å². The summed E-state index contributed by atoms with van der Waals surface area (Å²) in [4.78, 5) is 12.0. The van der Waals surface area contributed by atoms with Crippen LogP contribution < -0.4 is 5.32 Å². The van der Waals surface area contributed by atoms with Gasteiger partial charge in [0.2, 0.25) is 5.91 Å². The Hall–Kier alpha value is -1.06. The second-order valence-corrected chi connectivity index (χ2v) is 4.92. The zero-order valence-corrected chi connectivity index (χ0v) is 11.1. The van der Waals surface area contributed by atoms with Crippen LogP contribution in [0.1, 0.15) is 18.4 Å². The highest BCUT2D eigenvalue weighted by atomic mass is 35.5. The third-order valence-electron chi connectivity index (χ3n) is 3.14. The van der Waals surface area contributed by atoms with Gasteiger partial charge in [-0.15, -0.1) is 11.6 Å². The van der Waals surface area contributed by atoms with E-state index in [2.05, 4.69) is 5.32 Å². The fraction of sp³-hybridized carbons (Fsp3) is 0.500. The zero-order chi connectivity index (χ0) is 12.8. The van der Waals surface area contributed by atoms with Crippen molar-refractivity contribution in [2.45, 2.75) is 19.3 Å². The molecular formula is C14H18ClNO2. The lowest BCUT2D eigenvalue weighted by molar-refractivity contribution is -0.123. The van der Waals surface area contributed by atoms with Crippen LogP contribution in [0.25, 0.3) is 0 Å². The number of alkyl halides is 1. The van der Waals surface area contributed by atoms with Gasteiger partial charge >= 0.3 is 0 Å². The van der Waals surface area contributed by atoms with Crippen molar-refractivity contribution in [3.63, 3.8) is 0 Å². The van der Waals surface area contributed by atoms with Gasteiger partial charge in [0.25, 0.3) is 0 Å². The lowest BCUT2D eigenvalue weighted by Crippen LogP contribution is -2.30. The molecule has 1 aromatic carbocycles. The van der Waals surface area contributed by atoms with E-state index in [4.69, 9.17) is 16.3 Å². The summed E-state index contributed by atoms with van der Waals surface area (Å²) in [7, 11) is 0. The molecule has 0 saturated carbocycles. The predicted molar refractivity (Wildman–Crippen MR) is 73.0 cm³/mol. The van der Waals surface area contributed by atoms with Crippen molar-refractivity contribution in [2.24, 2.45) is 5.92 Å². The standard InChI is InChI=1S/C14H18ClNO2/c15-8-7-11-3-5-13(6-4-11)16-14(17)12-2-1-9-18-10-12/h3-6,12H,1-2,7-10H2,(H,16,17). The number of hydrogen-bond donors (Lipinski definition) is 1. The summed E-state index contributed by atoms with van der Waals surface area (Å²) >= 11 is 5.68. The van der Waals surface area contributed by atoms with Crippen molar-refractivity contribution >= 4 is 23.2 Å². The minimum absolute atomic E-state index is 0.0127. The molecule has 0 bridgehead atoms. The van der Waals surface area contributed by atoms with Crippen LogP contribution in [0, 0.1) is 5.92 Å². The summed E-state index contributed by atoms with van der Waals surface area (Å²) < 4.78 is 5.32. The Morgan fingerprint density at radius 1 is 1.39 bits per heavy atom. The maximum Gasteiger partial charge on any atom is 0.229 e. The van der Waals surface area contributed by atoms with E-state index >= 15 is 0 Å². The monoisotopic (exact) mass is 267 g/mol. The molecule has 1 atom stereocenters. The van der Waals surface area contributed by atoms with Gasteiger partial charge in [-0.05, 0) is 37.0 Å². The molecule has 1 aliphatic rings. The molecule has 4 heteroatoms. The highest BCUT2D eigenvalue weighted by Gasteiger charge is 2.21. The maximum atomic E-state index is 12.0. The van der Waals surface area contributed by atoms with Gasteiger partial charge in [0.1, 0.15) is 0 Å². The first kappa shape index (κ1) is 13.4. The third kappa shape index (κ3) is 3.72. The number of benzene rings is 1. The summed E-state index contributed by atoms with van der Waals surface area (Å²) in [6, 6.07) is 7.83. The molecular weight excluding hydrogens is 250 g/mol. The lowest BCUT2D eigenvalue weighted by atomic mass is 10.0. The second kappa shape index (κ2) is 6.76. The van der Waals surface area contributed by atoms with E-state index < -0.39 is 0 Å². The zero-order valence-electron chi connectivity index (χ0n) is 10.3. The number of carbonyl (C=O) groups is 1. The Morgan fingerprint density at radius 2 is 2.17 bits per heavy atom. The number of anilines is 1. The molecule has 3 nitrogen and oxygen atoms in total. The smallest absolute Gasteiger partial charge is 0.229 e. The normalized spacial score (nSPS) is 19.5. The number of amides is 1. The van der Waals surface area contributed by atoms with Gasteiger partial charge in [0.05, 0.1) is 12.5 Å². The number of halogens is 1. The molecule has 0 spiro atoms. The van der Waals surface area contributed by atoms with Crippen LogP contribution in [0.15, 0.2) is 24.3 Å². The minimum atomic E-state index is -0.0127. The van der Waals surface area contributed by atoms with Gasteiger partial charge in [-0.3, -0.25) is 4.79 Å². The van der Waals surface area contributed by atoms with Crippen LogP contribution in [-0.2, 0) is 16.0 Å². The van der Waals surface area contributed by atoms with E-state index in [0.29, 0.717) is 12.5 Å². The molecule has 2 rings (SSSR count). The van der Waals surface area contributed by atoms with Crippen LogP contribution in [0.3, 0.4) is 0 Å². The first-order valence-corrected chi connectivity index (χ1v) is 6.86.